The minimum absolute atomic E-state index is 0.0158. The Hall–Kier alpha value is -2.63. The van der Waals surface area contributed by atoms with Crippen LogP contribution in [0.15, 0.2) is 22.6 Å². The number of nitrogens with zero attached hydrogens (tertiary/aromatic N) is 1. The highest BCUT2D eigenvalue weighted by Crippen LogP contribution is 2.24. The van der Waals surface area contributed by atoms with Gasteiger partial charge in [0.1, 0.15) is 0 Å². The monoisotopic (exact) mass is 261 g/mol. The summed E-state index contributed by atoms with van der Waals surface area (Å²) >= 11 is 0. The average molecular weight is 261 g/mol. The molecule has 0 aliphatic rings. The number of carboxylic acid groups (broad SMARTS) is 2. The number of aromatic carboxylic acids is 2. The van der Waals surface area contributed by atoms with E-state index in [2.05, 4.69) is 4.98 Å². The van der Waals surface area contributed by atoms with Gasteiger partial charge in [-0.2, -0.15) is 0 Å². The third-order valence-corrected chi connectivity index (χ3v) is 2.78. The summed E-state index contributed by atoms with van der Waals surface area (Å²) in [5.41, 5.74) is 1.98. The molecular formula is C13H11NO5. The van der Waals surface area contributed by atoms with E-state index < -0.39 is 23.4 Å². The standard InChI is InChI=1S/C13H11NO5/c1-6-3-4-8(5-7(6)2)11-14-9(12(15)16)10(19-11)13(17)18/h3-5H,1-2H3,(H,15,16)(H,17,18). The third kappa shape index (κ3) is 2.33. The van der Waals surface area contributed by atoms with E-state index in [1.807, 2.05) is 19.9 Å². The molecule has 2 aromatic rings. The first-order chi connectivity index (χ1) is 8.90. The van der Waals surface area contributed by atoms with Crippen molar-refractivity contribution in [2.45, 2.75) is 13.8 Å². The minimum Gasteiger partial charge on any atom is -0.476 e. The SMILES string of the molecule is Cc1ccc(-c2nc(C(=O)O)c(C(=O)O)o2)cc1C. The van der Waals surface area contributed by atoms with Gasteiger partial charge in [0, 0.05) is 5.56 Å². The van der Waals surface area contributed by atoms with Crippen LogP contribution in [-0.2, 0) is 0 Å². The summed E-state index contributed by atoms with van der Waals surface area (Å²) in [6.45, 7) is 3.82. The van der Waals surface area contributed by atoms with Crippen molar-refractivity contribution in [3.05, 3.63) is 40.8 Å². The second-order valence-electron chi connectivity index (χ2n) is 4.11. The van der Waals surface area contributed by atoms with Gasteiger partial charge < -0.3 is 14.6 Å². The third-order valence-electron chi connectivity index (χ3n) is 2.78. The van der Waals surface area contributed by atoms with Crippen LogP contribution in [-0.4, -0.2) is 27.1 Å². The fourth-order valence-corrected chi connectivity index (χ4v) is 1.61. The summed E-state index contributed by atoms with van der Waals surface area (Å²) in [5, 5.41) is 17.8. The molecule has 0 saturated carbocycles. The van der Waals surface area contributed by atoms with E-state index in [0.29, 0.717) is 5.56 Å². The van der Waals surface area contributed by atoms with Gasteiger partial charge in [-0.25, -0.2) is 14.6 Å². The van der Waals surface area contributed by atoms with Crippen LogP contribution in [0.2, 0.25) is 0 Å². The van der Waals surface area contributed by atoms with Gasteiger partial charge in [0.25, 0.3) is 0 Å². The van der Waals surface area contributed by atoms with E-state index in [-0.39, 0.29) is 5.89 Å². The molecule has 1 heterocycles. The fourth-order valence-electron chi connectivity index (χ4n) is 1.61. The van der Waals surface area contributed by atoms with E-state index in [1.54, 1.807) is 12.1 Å². The van der Waals surface area contributed by atoms with Crippen molar-refractivity contribution in [1.29, 1.82) is 0 Å². The summed E-state index contributed by atoms with van der Waals surface area (Å²) in [6, 6.07) is 5.29. The smallest absolute Gasteiger partial charge is 0.374 e. The number of carboxylic acids is 2. The van der Waals surface area contributed by atoms with Crippen molar-refractivity contribution in [1.82, 2.24) is 4.98 Å². The molecule has 0 unspecified atom stereocenters. The molecule has 0 aliphatic carbocycles. The molecule has 0 fully saturated rings. The first kappa shape index (κ1) is 12.8. The maximum Gasteiger partial charge on any atom is 0.374 e. The Labute approximate surface area is 108 Å². The van der Waals surface area contributed by atoms with Crippen LogP contribution in [0.4, 0.5) is 0 Å². The van der Waals surface area contributed by atoms with Crippen LogP contribution in [0, 0.1) is 13.8 Å². The zero-order valence-corrected chi connectivity index (χ0v) is 10.3. The van der Waals surface area contributed by atoms with Gasteiger partial charge in [0.2, 0.25) is 17.3 Å². The molecule has 6 heteroatoms. The van der Waals surface area contributed by atoms with Gasteiger partial charge in [0.15, 0.2) is 0 Å². The highest BCUT2D eigenvalue weighted by atomic mass is 16.4. The maximum atomic E-state index is 10.9. The molecule has 0 aliphatic heterocycles. The molecule has 0 saturated heterocycles. The molecule has 1 aromatic heterocycles. The maximum absolute atomic E-state index is 10.9. The highest BCUT2D eigenvalue weighted by molar-refractivity contribution is 5.98. The molecule has 19 heavy (non-hydrogen) atoms. The number of hydrogen-bond donors (Lipinski definition) is 2. The normalized spacial score (nSPS) is 10.4. The largest absolute Gasteiger partial charge is 0.476 e. The van der Waals surface area contributed by atoms with Crippen LogP contribution in [0.5, 0.6) is 0 Å². The number of oxazole rings is 1. The summed E-state index contributed by atoms with van der Waals surface area (Å²) in [5.74, 6) is -3.57. The van der Waals surface area contributed by atoms with Gasteiger partial charge in [-0.15, -0.1) is 0 Å². The molecule has 0 radical (unpaired) electrons. The van der Waals surface area contributed by atoms with Crippen LogP contribution < -0.4 is 0 Å². The quantitative estimate of drug-likeness (QED) is 0.879. The van der Waals surface area contributed by atoms with Crippen molar-refractivity contribution in [3.63, 3.8) is 0 Å². The van der Waals surface area contributed by atoms with Crippen molar-refractivity contribution >= 4 is 11.9 Å². The lowest BCUT2D eigenvalue weighted by Crippen LogP contribution is -2.05. The highest BCUT2D eigenvalue weighted by Gasteiger charge is 2.25. The molecule has 0 amide bonds. The van der Waals surface area contributed by atoms with Crippen LogP contribution in [0.25, 0.3) is 11.5 Å². The number of hydrogen-bond acceptors (Lipinski definition) is 4. The lowest BCUT2D eigenvalue weighted by Gasteiger charge is -2.01. The Balaban J connectivity index is 2.57. The number of aromatic nitrogens is 1. The van der Waals surface area contributed by atoms with Gasteiger partial charge in [0.05, 0.1) is 0 Å². The summed E-state index contributed by atoms with van der Waals surface area (Å²) < 4.78 is 5.03. The van der Waals surface area contributed by atoms with Gasteiger partial charge in [-0.1, -0.05) is 6.07 Å². The van der Waals surface area contributed by atoms with E-state index in [9.17, 15) is 9.59 Å². The summed E-state index contributed by atoms with van der Waals surface area (Å²) in [6.07, 6.45) is 0. The fraction of sp³-hybridized carbons (Fsp3) is 0.154. The average Bonchev–Trinajstić information content (AvgIpc) is 2.78. The Morgan fingerprint density at radius 3 is 2.26 bits per heavy atom. The second kappa shape index (κ2) is 4.56. The number of benzene rings is 1. The van der Waals surface area contributed by atoms with Crippen molar-refractivity contribution < 1.29 is 24.2 Å². The number of rotatable bonds is 3. The molecule has 2 rings (SSSR count). The molecule has 0 bridgehead atoms. The molecule has 1 aromatic carbocycles. The van der Waals surface area contributed by atoms with Gasteiger partial charge >= 0.3 is 11.9 Å². The van der Waals surface area contributed by atoms with Crippen LogP contribution >= 0.6 is 0 Å². The van der Waals surface area contributed by atoms with Crippen molar-refractivity contribution in [2.75, 3.05) is 0 Å². The Morgan fingerprint density at radius 2 is 1.79 bits per heavy atom. The Kier molecular flexibility index (Phi) is 3.08. The van der Waals surface area contributed by atoms with Crippen molar-refractivity contribution in [2.24, 2.45) is 0 Å². The minimum atomic E-state index is -1.46. The van der Waals surface area contributed by atoms with E-state index in [1.165, 1.54) is 0 Å². The summed E-state index contributed by atoms with van der Waals surface area (Å²) in [7, 11) is 0. The molecule has 0 spiro atoms. The number of aryl methyl sites for hydroxylation is 2. The number of carbonyl (C=O) groups is 2. The molecule has 2 N–H and O–H groups in total. The topological polar surface area (TPSA) is 101 Å². The van der Waals surface area contributed by atoms with E-state index in [0.717, 1.165) is 11.1 Å². The van der Waals surface area contributed by atoms with Crippen LogP contribution in [0.3, 0.4) is 0 Å². The van der Waals surface area contributed by atoms with Crippen molar-refractivity contribution in [3.8, 4) is 11.5 Å². The molecular weight excluding hydrogens is 250 g/mol. The lowest BCUT2D eigenvalue weighted by molar-refractivity contribution is 0.0624. The second-order valence-corrected chi connectivity index (χ2v) is 4.11. The Morgan fingerprint density at radius 1 is 1.11 bits per heavy atom. The lowest BCUT2D eigenvalue weighted by atomic mass is 10.1. The van der Waals surface area contributed by atoms with Gasteiger partial charge in [-0.05, 0) is 37.1 Å². The van der Waals surface area contributed by atoms with E-state index in [4.69, 9.17) is 14.6 Å². The van der Waals surface area contributed by atoms with E-state index >= 15 is 0 Å². The van der Waals surface area contributed by atoms with Gasteiger partial charge in [-0.3, -0.25) is 0 Å². The molecule has 6 nitrogen and oxygen atoms in total. The zero-order valence-electron chi connectivity index (χ0n) is 10.3. The van der Waals surface area contributed by atoms with Crippen LogP contribution in [0.1, 0.15) is 32.2 Å². The Bertz CT molecular complexity index is 640. The first-order valence-electron chi connectivity index (χ1n) is 5.45. The predicted octanol–water partition coefficient (Wildman–Crippen LogP) is 2.35. The molecule has 98 valence electrons. The zero-order chi connectivity index (χ0) is 14.2. The predicted molar refractivity (Wildman–Crippen MR) is 65.3 cm³/mol. The molecule has 0 atom stereocenters. The summed E-state index contributed by atoms with van der Waals surface area (Å²) in [4.78, 5) is 25.5. The first-order valence-corrected chi connectivity index (χ1v) is 5.45.